The number of methoxy groups -OCH3 is 2. The molecule has 446 valence electrons. The third kappa shape index (κ3) is 15.0. The molecule has 1 aliphatic heterocycles. The lowest BCUT2D eigenvalue weighted by molar-refractivity contribution is -0.163. The summed E-state index contributed by atoms with van der Waals surface area (Å²) in [6.45, 7) is 6.81. The van der Waals surface area contributed by atoms with E-state index in [0.29, 0.717) is 78.6 Å². The number of nitrogens with one attached hydrogen (secondary N) is 2. The van der Waals surface area contributed by atoms with Crippen molar-refractivity contribution in [3.63, 3.8) is 0 Å². The molecule has 82 heavy (non-hydrogen) atoms. The highest BCUT2D eigenvalue weighted by Gasteiger charge is 2.62. The highest BCUT2D eigenvalue weighted by atomic mass is 16.5. The van der Waals surface area contributed by atoms with Crippen molar-refractivity contribution in [1.29, 1.82) is 0 Å². The number of aliphatic hydroxyl groups excluding tert-OH is 1. The number of ether oxygens (including phenoxy) is 2. The van der Waals surface area contributed by atoms with E-state index in [4.69, 9.17) is 14.6 Å². The minimum absolute atomic E-state index is 0.0159. The molecule has 0 spiro atoms. The molecule has 2 aromatic carbocycles. The predicted molar refractivity (Wildman–Crippen MR) is 300 cm³/mol. The van der Waals surface area contributed by atoms with Gasteiger partial charge in [-0.3, -0.25) is 48.3 Å². The molecule has 4 aliphatic carbocycles. The van der Waals surface area contributed by atoms with Gasteiger partial charge in [0, 0.05) is 77.6 Å². The standard InChI is InChI=1S/C57H80N12O13/c1-36(2)43-27-39(10-11-46(43)69-47(54-48(81-4)8-6-9-49(54)82-5)28-44(61-69)55(78)59-57(56(79)80)40-23-37-22-38(25-40)26-41(57)24-37)45-31-68(62-60-45)13-7-12-63(3)30-42(70)29-58-50(71)32-64-14-16-65(33-51(72)73)18-20-67(35-53(76)77)21-19-66(17-15-64)34-52(74)75/h6,8-11,27-28,31,36-38,40-42,70H,7,12-26,29-30,32-35H2,1-5H3,(H,58,71)(H,59,78)(H,72,73)(H,74,75)(H,76,77)(H,79,80)/t37?,38?,40?,41?,42-,57?/m0/s1. The number of rotatable bonds is 25. The van der Waals surface area contributed by atoms with Crippen LogP contribution in [0, 0.1) is 23.7 Å². The van der Waals surface area contributed by atoms with E-state index in [1.54, 1.807) is 44.3 Å². The molecule has 4 saturated carbocycles. The normalized spacial score (nSPS) is 22.3. The van der Waals surface area contributed by atoms with Crippen molar-refractivity contribution in [1.82, 2.24) is 59.9 Å². The summed E-state index contributed by atoms with van der Waals surface area (Å²) in [7, 11) is 4.99. The van der Waals surface area contributed by atoms with Gasteiger partial charge in [-0.2, -0.15) is 5.10 Å². The highest BCUT2D eigenvalue weighted by molar-refractivity contribution is 5.98. The van der Waals surface area contributed by atoms with Gasteiger partial charge in [0.15, 0.2) is 5.69 Å². The van der Waals surface area contributed by atoms with Crippen LogP contribution in [0.25, 0.3) is 28.2 Å². The smallest absolute Gasteiger partial charge is 0.330 e. The number of benzene rings is 2. The van der Waals surface area contributed by atoms with Crippen LogP contribution < -0.4 is 20.1 Å². The van der Waals surface area contributed by atoms with E-state index in [2.05, 4.69) is 34.8 Å². The molecule has 0 unspecified atom stereocenters. The molecule has 0 radical (unpaired) electrons. The van der Waals surface area contributed by atoms with Crippen molar-refractivity contribution in [3.05, 3.63) is 59.9 Å². The average Bonchev–Trinajstić information content (AvgIpc) is 3.74. The molecule has 2 aromatic heterocycles. The van der Waals surface area contributed by atoms with Gasteiger partial charge in [-0.25, -0.2) is 9.48 Å². The molecule has 4 aromatic rings. The number of carbonyl (C=O) groups excluding carboxylic acids is 2. The van der Waals surface area contributed by atoms with E-state index >= 15 is 0 Å². The first kappa shape index (κ1) is 61.1. The zero-order valence-electron chi connectivity index (χ0n) is 47.6. The van der Waals surface area contributed by atoms with E-state index in [0.717, 1.165) is 43.2 Å². The van der Waals surface area contributed by atoms with E-state index in [1.165, 1.54) is 0 Å². The molecule has 9 rings (SSSR count). The third-order valence-corrected chi connectivity index (χ3v) is 16.8. The summed E-state index contributed by atoms with van der Waals surface area (Å²) in [6.07, 6.45) is 5.94. The zero-order valence-corrected chi connectivity index (χ0v) is 47.6. The Balaban J connectivity index is 0.885. The summed E-state index contributed by atoms with van der Waals surface area (Å²) in [5.74, 6) is -3.36. The van der Waals surface area contributed by atoms with Gasteiger partial charge in [0.2, 0.25) is 5.91 Å². The summed E-state index contributed by atoms with van der Waals surface area (Å²) in [5, 5.41) is 70.1. The Kier molecular flexibility index (Phi) is 20.4. The number of aryl methyl sites for hydroxylation is 1. The van der Waals surface area contributed by atoms with Crippen LogP contribution in [0.15, 0.2) is 48.7 Å². The first-order valence-electron chi connectivity index (χ1n) is 28.3. The largest absolute Gasteiger partial charge is 0.496 e. The van der Waals surface area contributed by atoms with Gasteiger partial charge in [-0.15, -0.1) is 5.10 Å². The zero-order chi connectivity index (χ0) is 58.8. The van der Waals surface area contributed by atoms with Crippen molar-refractivity contribution in [2.45, 2.75) is 76.5 Å². The Morgan fingerprint density at radius 3 is 1.78 bits per heavy atom. The summed E-state index contributed by atoms with van der Waals surface area (Å²) in [6, 6.07) is 13.0. The number of aromatic nitrogens is 5. The van der Waals surface area contributed by atoms with Gasteiger partial charge in [0.05, 0.1) is 69.6 Å². The number of hydrogen-bond donors (Lipinski definition) is 7. The molecule has 2 amide bonds. The maximum atomic E-state index is 14.5. The Morgan fingerprint density at radius 2 is 1.28 bits per heavy atom. The van der Waals surface area contributed by atoms with Crippen LogP contribution in [0.2, 0.25) is 0 Å². The van der Waals surface area contributed by atoms with Gasteiger partial charge < -0.3 is 50.5 Å². The van der Waals surface area contributed by atoms with E-state index in [9.17, 15) is 54.3 Å². The average molecular weight is 1140 g/mol. The van der Waals surface area contributed by atoms with Crippen molar-refractivity contribution < 1.29 is 63.8 Å². The summed E-state index contributed by atoms with van der Waals surface area (Å²) >= 11 is 0. The van der Waals surface area contributed by atoms with Crippen LogP contribution in [-0.2, 0) is 30.5 Å². The van der Waals surface area contributed by atoms with Crippen molar-refractivity contribution >= 4 is 35.7 Å². The molecule has 5 aliphatic rings. The number of amides is 2. The molecule has 5 fully saturated rings. The minimum Gasteiger partial charge on any atom is -0.496 e. The second kappa shape index (κ2) is 27.4. The van der Waals surface area contributed by atoms with Crippen LogP contribution >= 0.6 is 0 Å². The summed E-state index contributed by atoms with van der Waals surface area (Å²) in [5.41, 5.74) is 2.83. The molecule has 1 saturated heterocycles. The fourth-order valence-corrected chi connectivity index (χ4v) is 12.9. The van der Waals surface area contributed by atoms with Crippen molar-refractivity contribution in [2.24, 2.45) is 23.7 Å². The Morgan fingerprint density at radius 1 is 0.744 bits per heavy atom. The van der Waals surface area contributed by atoms with Gasteiger partial charge in [-0.05, 0) is 118 Å². The Hall–Kier alpha value is -7.03. The molecule has 7 N–H and O–H groups in total. The molecular weight excluding hydrogens is 1060 g/mol. The second-order valence-corrected chi connectivity index (χ2v) is 23.0. The number of nitrogens with zero attached hydrogens (tertiary/aromatic N) is 10. The maximum Gasteiger partial charge on any atom is 0.330 e. The molecule has 3 heterocycles. The fraction of sp³-hybridized carbons (Fsp3) is 0.596. The SMILES string of the molecule is COc1cccc(OC)c1-c1cc(C(=O)NC2(C(=O)O)C3CC4CC(C3)CC2C4)nn1-c1ccc(-c2cn(CCCN(C)C[C@@H](O)CNC(=O)CN3CCN(CC(=O)O)CCN(CC(=O)O)CCN(CC(=O)O)CC3)nn2)cc1C(C)C. The number of hydrogen-bond acceptors (Lipinski definition) is 17. The number of aliphatic carboxylic acids is 4. The molecular formula is C57H80N12O13. The van der Waals surface area contributed by atoms with Crippen LogP contribution in [-0.4, -0.2) is 242 Å². The number of likely N-dealkylation sites (N-methyl/N-ethyl adjacent to an activating group) is 1. The molecule has 25 heteroatoms. The lowest BCUT2D eigenvalue weighted by atomic mass is 9.48. The monoisotopic (exact) mass is 1140 g/mol. The lowest BCUT2D eigenvalue weighted by Crippen LogP contribution is -2.70. The molecule has 4 bridgehead atoms. The minimum atomic E-state index is -1.37. The quantitative estimate of drug-likeness (QED) is 0.0500. The van der Waals surface area contributed by atoms with Gasteiger partial charge in [-0.1, -0.05) is 31.2 Å². The first-order valence-corrected chi connectivity index (χ1v) is 28.3. The summed E-state index contributed by atoms with van der Waals surface area (Å²) < 4.78 is 15.2. The lowest BCUT2D eigenvalue weighted by Gasteiger charge is -2.59. The van der Waals surface area contributed by atoms with E-state index in [1.807, 2.05) is 59.4 Å². The number of carboxylic acid groups (broad SMARTS) is 4. The molecule has 25 nitrogen and oxygen atoms in total. The third-order valence-electron chi connectivity index (χ3n) is 16.8. The topological polar surface area (TPSA) is 311 Å². The number of aliphatic hydroxyl groups is 1. The second-order valence-electron chi connectivity index (χ2n) is 23.0. The Labute approximate surface area is 477 Å². The van der Waals surface area contributed by atoms with Crippen molar-refractivity contribution in [2.75, 3.05) is 119 Å². The van der Waals surface area contributed by atoms with Crippen molar-refractivity contribution in [3.8, 4) is 39.7 Å². The first-order chi connectivity index (χ1) is 39.2. The van der Waals surface area contributed by atoms with Gasteiger partial charge in [0.25, 0.3) is 5.91 Å². The van der Waals surface area contributed by atoms with Crippen LogP contribution in [0.4, 0.5) is 0 Å². The molecule has 1 atom stereocenters. The van der Waals surface area contributed by atoms with Crippen LogP contribution in [0.1, 0.15) is 74.3 Å². The maximum absolute atomic E-state index is 14.5. The highest BCUT2D eigenvalue weighted by Crippen LogP contribution is 2.58. The number of carboxylic acids is 4. The fourth-order valence-electron chi connectivity index (χ4n) is 12.9. The van der Waals surface area contributed by atoms with E-state index < -0.39 is 41.4 Å². The Bertz CT molecular complexity index is 2830. The predicted octanol–water partition coefficient (Wildman–Crippen LogP) is 2.22. The van der Waals surface area contributed by atoms with E-state index in [-0.39, 0.29) is 108 Å². The van der Waals surface area contributed by atoms with Gasteiger partial charge >= 0.3 is 23.9 Å². The summed E-state index contributed by atoms with van der Waals surface area (Å²) in [4.78, 5) is 84.8. The van der Waals surface area contributed by atoms with Gasteiger partial charge in [0.1, 0.15) is 22.7 Å². The van der Waals surface area contributed by atoms with Crippen LogP contribution in [0.5, 0.6) is 11.5 Å². The number of carbonyl (C=O) groups is 6. The van der Waals surface area contributed by atoms with Crippen LogP contribution in [0.3, 0.4) is 0 Å².